The number of amides is 1. The van der Waals surface area contributed by atoms with E-state index in [1.165, 1.54) is 10.7 Å². The zero-order valence-electron chi connectivity index (χ0n) is 12.4. The molecular formula is C16H19FN4O. The molecular weight excluding hydrogens is 283 g/mol. The molecule has 2 aromatic rings. The Kier molecular flexibility index (Phi) is 3.94. The normalized spacial score (nSPS) is 21.9. The van der Waals surface area contributed by atoms with Crippen molar-refractivity contribution in [2.45, 2.75) is 31.8 Å². The van der Waals surface area contributed by atoms with E-state index in [4.69, 9.17) is 5.73 Å². The standard InChI is InChI=1S/C16H19FN4O/c1-11-9-13(18)5-8-20(11)16(22)12-3-4-15(14(17)10-12)21-7-2-6-19-21/h2-4,6-7,10-11,13H,5,8-9,18H2,1H3/t11-,13-/m0/s1. The number of hydrogen-bond donors (Lipinski definition) is 1. The number of aromatic nitrogens is 2. The number of halogens is 1. The molecule has 0 spiro atoms. The Balaban J connectivity index is 1.83. The third kappa shape index (κ3) is 2.74. The minimum absolute atomic E-state index is 0.0742. The molecule has 22 heavy (non-hydrogen) atoms. The highest BCUT2D eigenvalue weighted by molar-refractivity contribution is 5.94. The van der Waals surface area contributed by atoms with Crippen LogP contribution in [-0.2, 0) is 0 Å². The van der Waals surface area contributed by atoms with Crippen molar-refractivity contribution in [3.05, 3.63) is 48.0 Å². The van der Waals surface area contributed by atoms with E-state index >= 15 is 0 Å². The Bertz CT molecular complexity index is 671. The van der Waals surface area contributed by atoms with Gasteiger partial charge in [0.1, 0.15) is 11.5 Å². The molecule has 2 N–H and O–H groups in total. The summed E-state index contributed by atoms with van der Waals surface area (Å²) in [7, 11) is 0. The minimum atomic E-state index is -0.462. The fourth-order valence-corrected chi connectivity index (χ4v) is 2.91. The maximum atomic E-state index is 14.2. The number of nitrogens with two attached hydrogens (primary N) is 1. The lowest BCUT2D eigenvalue weighted by Crippen LogP contribution is -2.48. The van der Waals surface area contributed by atoms with E-state index in [0.29, 0.717) is 17.8 Å². The smallest absolute Gasteiger partial charge is 0.254 e. The van der Waals surface area contributed by atoms with Crippen LogP contribution in [0, 0.1) is 5.82 Å². The van der Waals surface area contributed by atoms with Crippen molar-refractivity contribution < 1.29 is 9.18 Å². The van der Waals surface area contributed by atoms with E-state index in [1.807, 2.05) is 6.92 Å². The van der Waals surface area contributed by atoms with Crippen molar-refractivity contribution in [3.8, 4) is 5.69 Å². The summed E-state index contributed by atoms with van der Waals surface area (Å²) in [5.74, 6) is -0.610. The lowest BCUT2D eigenvalue weighted by Gasteiger charge is -2.36. The average molecular weight is 302 g/mol. The maximum absolute atomic E-state index is 14.2. The highest BCUT2D eigenvalue weighted by Crippen LogP contribution is 2.21. The van der Waals surface area contributed by atoms with Crippen LogP contribution in [0.2, 0.25) is 0 Å². The molecule has 3 rings (SSSR count). The van der Waals surface area contributed by atoms with Gasteiger partial charge in [-0.05, 0) is 44.0 Å². The first-order chi connectivity index (χ1) is 10.6. The van der Waals surface area contributed by atoms with Gasteiger partial charge in [-0.15, -0.1) is 0 Å². The highest BCUT2D eigenvalue weighted by Gasteiger charge is 2.28. The molecule has 5 nitrogen and oxygen atoms in total. The molecule has 0 saturated carbocycles. The van der Waals surface area contributed by atoms with Gasteiger partial charge in [0.15, 0.2) is 0 Å². The first-order valence-electron chi connectivity index (χ1n) is 7.42. The zero-order chi connectivity index (χ0) is 15.7. The third-order valence-electron chi connectivity index (χ3n) is 4.12. The van der Waals surface area contributed by atoms with Crippen LogP contribution in [0.25, 0.3) is 5.69 Å². The van der Waals surface area contributed by atoms with Gasteiger partial charge < -0.3 is 10.6 Å². The molecule has 0 unspecified atom stereocenters. The molecule has 2 heterocycles. The summed E-state index contributed by atoms with van der Waals surface area (Å²) in [6.45, 7) is 2.59. The SMILES string of the molecule is C[C@H]1C[C@@H](N)CCN1C(=O)c1ccc(-n2cccn2)c(F)c1. The van der Waals surface area contributed by atoms with Crippen molar-refractivity contribution >= 4 is 5.91 Å². The Hall–Kier alpha value is -2.21. The summed E-state index contributed by atoms with van der Waals surface area (Å²) < 4.78 is 15.7. The highest BCUT2D eigenvalue weighted by atomic mass is 19.1. The van der Waals surface area contributed by atoms with Gasteiger partial charge in [0.2, 0.25) is 0 Å². The Morgan fingerprint density at radius 2 is 2.27 bits per heavy atom. The predicted octanol–water partition coefficient (Wildman–Crippen LogP) is 1.96. The second-order valence-corrected chi connectivity index (χ2v) is 5.75. The number of likely N-dealkylation sites (tertiary alicyclic amines) is 1. The molecule has 2 atom stereocenters. The van der Waals surface area contributed by atoms with E-state index in [9.17, 15) is 9.18 Å². The molecule has 1 aromatic heterocycles. The Morgan fingerprint density at radius 1 is 1.45 bits per heavy atom. The van der Waals surface area contributed by atoms with Gasteiger partial charge in [-0.25, -0.2) is 9.07 Å². The molecule has 1 aliphatic rings. The fourth-order valence-electron chi connectivity index (χ4n) is 2.91. The summed E-state index contributed by atoms with van der Waals surface area (Å²) in [5, 5.41) is 4.00. The maximum Gasteiger partial charge on any atom is 0.254 e. The number of carbonyl (C=O) groups is 1. The lowest BCUT2D eigenvalue weighted by atomic mass is 9.98. The van der Waals surface area contributed by atoms with Crippen molar-refractivity contribution in [3.63, 3.8) is 0 Å². The van der Waals surface area contributed by atoms with Gasteiger partial charge in [0.25, 0.3) is 5.91 Å². The Labute approximate surface area is 128 Å². The zero-order valence-corrected chi connectivity index (χ0v) is 12.4. The second-order valence-electron chi connectivity index (χ2n) is 5.75. The summed E-state index contributed by atoms with van der Waals surface area (Å²) >= 11 is 0. The van der Waals surface area contributed by atoms with Gasteiger partial charge in [-0.2, -0.15) is 5.10 Å². The first kappa shape index (κ1) is 14.7. The van der Waals surface area contributed by atoms with Crippen LogP contribution >= 0.6 is 0 Å². The molecule has 116 valence electrons. The monoisotopic (exact) mass is 302 g/mol. The van der Waals surface area contributed by atoms with E-state index in [-0.39, 0.29) is 18.0 Å². The van der Waals surface area contributed by atoms with Gasteiger partial charge >= 0.3 is 0 Å². The number of benzene rings is 1. The van der Waals surface area contributed by atoms with Crippen LogP contribution in [0.5, 0.6) is 0 Å². The van der Waals surface area contributed by atoms with Gasteiger partial charge in [0, 0.05) is 36.6 Å². The fraction of sp³-hybridized carbons (Fsp3) is 0.375. The third-order valence-corrected chi connectivity index (χ3v) is 4.12. The first-order valence-corrected chi connectivity index (χ1v) is 7.42. The summed E-state index contributed by atoms with van der Waals surface area (Å²) in [4.78, 5) is 14.3. The summed E-state index contributed by atoms with van der Waals surface area (Å²) in [6.07, 6.45) is 4.80. The van der Waals surface area contributed by atoms with Crippen LogP contribution < -0.4 is 5.73 Å². The number of carbonyl (C=O) groups excluding carboxylic acids is 1. The molecule has 1 aromatic carbocycles. The van der Waals surface area contributed by atoms with E-state index in [2.05, 4.69) is 5.10 Å². The quantitative estimate of drug-likeness (QED) is 0.922. The molecule has 1 saturated heterocycles. The second kappa shape index (κ2) is 5.88. The lowest BCUT2D eigenvalue weighted by molar-refractivity contribution is 0.0618. The van der Waals surface area contributed by atoms with Crippen LogP contribution in [0.3, 0.4) is 0 Å². The van der Waals surface area contributed by atoms with Crippen molar-refractivity contribution in [2.75, 3.05) is 6.54 Å². The number of piperidine rings is 1. The number of rotatable bonds is 2. The van der Waals surface area contributed by atoms with Crippen molar-refractivity contribution in [1.82, 2.24) is 14.7 Å². The van der Waals surface area contributed by atoms with Crippen LogP contribution in [0.1, 0.15) is 30.1 Å². The van der Waals surface area contributed by atoms with Crippen molar-refractivity contribution in [1.29, 1.82) is 0 Å². The predicted molar refractivity (Wildman–Crippen MR) is 81.2 cm³/mol. The Morgan fingerprint density at radius 3 is 2.91 bits per heavy atom. The van der Waals surface area contributed by atoms with Gasteiger partial charge in [0.05, 0.1) is 0 Å². The van der Waals surface area contributed by atoms with Crippen molar-refractivity contribution in [2.24, 2.45) is 5.73 Å². The largest absolute Gasteiger partial charge is 0.336 e. The molecule has 0 aliphatic carbocycles. The van der Waals surface area contributed by atoms with E-state index < -0.39 is 5.82 Å². The van der Waals surface area contributed by atoms with E-state index in [0.717, 1.165) is 12.8 Å². The van der Waals surface area contributed by atoms with E-state index in [1.54, 1.807) is 35.5 Å². The van der Waals surface area contributed by atoms with Gasteiger partial charge in [-0.3, -0.25) is 4.79 Å². The van der Waals surface area contributed by atoms with Crippen LogP contribution in [0.15, 0.2) is 36.7 Å². The molecule has 1 amide bonds. The number of hydrogen-bond acceptors (Lipinski definition) is 3. The van der Waals surface area contributed by atoms with Crippen LogP contribution in [0.4, 0.5) is 4.39 Å². The summed E-state index contributed by atoms with van der Waals surface area (Å²) in [5.41, 5.74) is 6.60. The molecule has 6 heteroatoms. The molecule has 1 fully saturated rings. The molecule has 1 aliphatic heterocycles. The van der Waals surface area contributed by atoms with Gasteiger partial charge in [-0.1, -0.05) is 0 Å². The average Bonchev–Trinajstić information content (AvgIpc) is 3.00. The molecule has 0 bridgehead atoms. The topological polar surface area (TPSA) is 64.2 Å². The summed E-state index contributed by atoms with van der Waals surface area (Å²) in [6, 6.07) is 6.43. The molecule has 0 radical (unpaired) electrons. The minimum Gasteiger partial charge on any atom is -0.336 e. The number of nitrogens with zero attached hydrogens (tertiary/aromatic N) is 3. The van der Waals surface area contributed by atoms with Crippen LogP contribution in [-0.4, -0.2) is 39.2 Å².